The van der Waals surface area contributed by atoms with Crippen molar-refractivity contribution in [2.45, 2.75) is 0 Å². The number of hydrogen-bond donors (Lipinski definition) is 1. The molecule has 1 aliphatic rings. The standard InChI is InChI=1S/C18H18N4OS/c1-2-14(12-19-7-1)17-13-24-18(21-17)20-15-3-5-16(6-4-15)22-8-10-23-11-9-22/h1-7,12-13H,8-11H2,(H,20,21). The van der Waals surface area contributed by atoms with Gasteiger partial charge in [-0.05, 0) is 36.4 Å². The first-order chi connectivity index (χ1) is 11.9. The Balaban J connectivity index is 1.45. The number of rotatable bonds is 4. The van der Waals surface area contributed by atoms with Crippen LogP contribution >= 0.6 is 11.3 Å². The number of aromatic nitrogens is 2. The van der Waals surface area contributed by atoms with Gasteiger partial charge in [-0.25, -0.2) is 4.98 Å². The molecule has 1 saturated heterocycles. The zero-order valence-corrected chi connectivity index (χ0v) is 14.0. The van der Waals surface area contributed by atoms with Crippen molar-refractivity contribution in [2.24, 2.45) is 0 Å². The van der Waals surface area contributed by atoms with Gasteiger partial charge in [0, 0.05) is 47.8 Å². The summed E-state index contributed by atoms with van der Waals surface area (Å²) in [5.41, 5.74) is 4.25. The number of pyridine rings is 1. The molecular formula is C18H18N4OS. The van der Waals surface area contributed by atoms with Crippen LogP contribution in [0.25, 0.3) is 11.3 Å². The highest BCUT2D eigenvalue weighted by Crippen LogP contribution is 2.27. The lowest BCUT2D eigenvalue weighted by molar-refractivity contribution is 0.122. The molecule has 0 aliphatic carbocycles. The van der Waals surface area contributed by atoms with Crippen LogP contribution in [0.2, 0.25) is 0 Å². The van der Waals surface area contributed by atoms with E-state index in [1.165, 1.54) is 5.69 Å². The monoisotopic (exact) mass is 338 g/mol. The SMILES string of the molecule is c1cncc(-c2csc(Nc3ccc(N4CCOCC4)cc3)n2)c1. The zero-order valence-electron chi connectivity index (χ0n) is 13.2. The van der Waals surface area contributed by atoms with E-state index >= 15 is 0 Å². The second-order valence-electron chi connectivity index (χ2n) is 5.55. The summed E-state index contributed by atoms with van der Waals surface area (Å²) in [4.78, 5) is 11.1. The Morgan fingerprint density at radius 2 is 1.92 bits per heavy atom. The second-order valence-corrected chi connectivity index (χ2v) is 6.41. The fraction of sp³-hybridized carbons (Fsp3) is 0.222. The topological polar surface area (TPSA) is 50.3 Å². The van der Waals surface area contributed by atoms with Crippen molar-refractivity contribution in [3.8, 4) is 11.3 Å². The lowest BCUT2D eigenvalue weighted by Crippen LogP contribution is -2.36. The van der Waals surface area contributed by atoms with E-state index in [-0.39, 0.29) is 0 Å². The van der Waals surface area contributed by atoms with Gasteiger partial charge in [0.05, 0.1) is 18.9 Å². The van der Waals surface area contributed by atoms with Crippen LogP contribution in [-0.4, -0.2) is 36.3 Å². The Morgan fingerprint density at radius 3 is 2.67 bits per heavy atom. The minimum atomic E-state index is 0.802. The molecule has 3 aromatic rings. The predicted molar refractivity (Wildman–Crippen MR) is 98.1 cm³/mol. The van der Waals surface area contributed by atoms with Gasteiger partial charge in [0.25, 0.3) is 0 Å². The number of hydrogen-bond acceptors (Lipinski definition) is 6. The Hall–Kier alpha value is -2.44. The summed E-state index contributed by atoms with van der Waals surface area (Å²) in [5.74, 6) is 0. The number of nitrogens with zero attached hydrogens (tertiary/aromatic N) is 3. The molecule has 5 nitrogen and oxygen atoms in total. The summed E-state index contributed by atoms with van der Waals surface area (Å²) in [6, 6.07) is 12.4. The number of morpholine rings is 1. The summed E-state index contributed by atoms with van der Waals surface area (Å²) in [7, 11) is 0. The van der Waals surface area contributed by atoms with Crippen LogP contribution < -0.4 is 10.2 Å². The van der Waals surface area contributed by atoms with Crippen LogP contribution in [0.4, 0.5) is 16.5 Å². The van der Waals surface area contributed by atoms with Gasteiger partial charge in [0.1, 0.15) is 0 Å². The van der Waals surface area contributed by atoms with Gasteiger partial charge >= 0.3 is 0 Å². The molecule has 3 heterocycles. The van der Waals surface area contributed by atoms with Crippen molar-refractivity contribution in [3.05, 3.63) is 54.2 Å². The van der Waals surface area contributed by atoms with Gasteiger partial charge in [-0.1, -0.05) is 0 Å². The number of benzene rings is 1. The minimum absolute atomic E-state index is 0.802. The molecular weight excluding hydrogens is 320 g/mol. The molecule has 0 bridgehead atoms. The summed E-state index contributed by atoms with van der Waals surface area (Å²) in [5, 5.41) is 6.29. The smallest absolute Gasteiger partial charge is 0.187 e. The fourth-order valence-corrected chi connectivity index (χ4v) is 3.42. The van der Waals surface area contributed by atoms with Crippen LogP contribution in [0.3, 0.4) is 0 Å². The Morgan fingerprint density at radius 1 is 1.08 bits per heavy atom. The molecule has 1 fully saturated rings. The maximum Gasteiger partial charge on any atom is 0.187 e. The summed E-state index contributed by atoms with van der Waals surface area (Å²) < 4.78 is 5.40. The third-order valence-electron chi connectivity index (χ3n) is 3.96. The lowest BCUT2D eigenvalue weighted by Gasteiger charge is -2.28. The maximum absolute atomic E-state index is 5.40. The molecule has 1 aliphatic heterocycles. The highest BCUT2D eigenvalue weighted by molar-refractivity contribution is 7.14. The van der Waals surface area contributed by atoms with Crippen LogP contribution in [-0.2, 0) is 4.74 Å². The third-order valence-corrected chi connectivity index (χ3v) is 4.71. The van der Waals surface area contributed by atoms with E-state index in [4.69, 9.17) is 4.74 Å². The maximum atomic E-state index is 5.40. The van der Waals surface area contributed by atoms with E-state index in [9.17, 15) is 0 Å². The molecule has 0 unspecified atom stereocenters. The number of anilines is 3. The van der Waals surface area contributed by atoms with E-state index in [2.05, 4.69) is 44.5 Å². The normalized spacial score (nSPS) is 14.6. The molecule has 1 aromatic carbocycles. The Kier molecular flexibility index (Phi) is 4.40. The minimum Gasteiger partial charge on any atom is -0.378 e. The molecule has 1 N–H and O–H groups in total. The first-order valence-electron chi connectivity index (χ1n) is 7.94. The molecule has 0 spiro atoms. The predicted octanol–water partition coefficient (Wildman–Crippen LogP) is 3.79. The summed E-state index contributed by atoms with van der Waals surface area (Å²) >= 11 is 1.59. The molecule has 6 heteroatoms. The molecule has 0 saturated carbocycles. The molecule has 0 radical (unpaired) electrons. The highest BCUT2D eigenvalue weighted by Gasteiger charge is 2.11. The van der Waals surface area contributed by atoms with Crippen molar-refractivity contribution in [3.63, 3.8) is 0 Å². The van der Waals surface area contributed by atoms with Gasteiger partial charge < -0.3 is 15.0 Å². The number of ether oxygens (including phenoxy) is 1. The van der Waals surface area contributed by atoms with E-state index in [0.717, 1.165) is 48.4 Å². The van der Waals surface area contributed by atoms with Crippen molar-refractivity contribution in [1.29, 1.82) is 0 Å². The van der Waals surface area contributed by atoms with Gasteiger partial charge in [0.15, 0.2) is 5.13 Å². The summed E-state index contributed by atoms with van der Waals surface area (Å²) in [6.07, 6.45) is 3.60. The van der Waals surface area contributed by atoms with Gasteiger partial charge in [-0.2, -0.15) is 0 Å². The molecule has 24 heavy (non-hydrogen) atoms. The van der Waals surface area contributed by atoms with E-state index in [1.807, 2.05) is 23.7 Å². The van der Waals surface area contributed by atoms with Crippen LogP contribution in [0.1, 0.15) is 0 Å². The molecule has 2 aromatic heterocycles. The molecule has 0 amide bonds. The summed E-state index contributed by atoms with van der Waals surface area (Å²) in [6.45, 7) is 3.51. The van der Waals surface area contributed by atoms with Crippen molar-refractivity contribution < 1.29 is 4.74 Å². The van der Waals surface area contributed by atoms with Crippen LogP contribution in [0, 0.1) is 0 Å². The average Bonchev–Trinajstić information content (AvgIpc) is 3.12. The fourth-order valence-electron chi connectivity index (χ4n) is 2.68. The van der Waals surface area contributed by atoms with Gasteiger partial charge in [0.2, 0.25) is 0 Å². The average molecular weight is 338 g/mol. The first-order valence-corrected chi connectivity index (χ1v) is 8.82. The lowest BCUT2D eigenvalue weighted by atomic mass is 10.2. The zero-order chi connectivity index (χ0) is 16.2. The number of thiazole rings is 1. The van der Waals surface area contributed by atoms with Gasteiger partial charge in [-0.3, -0.25) is 4.98 Å². The van der Waals surface area contributed by atoms with Crippen molar-refractivity contribution >= 4 is 27.8 Å². The van der Waals surface area contributed by atoms with E-state index in [1.54, 1.807) is 17.5 Å². The van der Waals surface area contributed by atoms with E-state index < -0.39 is 0 Å². The van der Waals surface area contributed by atoms with E-state index in [0.29, 0.717) is 0 Å². The third kappa shape index (κ3) is 3.39. The van der Waals surface area contributed by atoms with Crippen LogP contribution in [0.15, 0.2) is 54.2 Å². The highest BCUT2D eigenvalue weighted by atomic mass is 32.1. The molecule has 122 valence electrons. The van der Waals surface area contributed by atoms with Crippen LogP contribution in [0.5, 0.6) is 0 Å². The Labute approximate surface area is 145 Å². The van der Waals surface area contributed by atoms with Crippen molar-refractivity contribution in [1.82, 2.24) is 9.97 Å². The second kappa shape index (κ2) is 6.98. The molecule has 0 atom stereocenters. The van der Waals surface area contributed by atoms with Crippen molar-refractivity contribution in [2.75, 3.05) is 36.5 Å². The quantitative estimate of drug-likeness (QED) is 0.784. The first kappa shape index (κ1) is 15.1. The largest absolute Gasteiger partial charge is 0.378 e. The Bertz CT molecular complexity index is 782. The molecule has 4 rings (SSSR count). The number of nitrogens with one attached hydrogen (secondary N) is 1. The van der Waals surface area contributed by atoms with Gasteiger partial charge in [-0.15, -0.1) is 11.3 Å².